The lowest BCUT2D eigenvalue weighted by atomic mass is 9.96. The zero-order chi connectivity index (χ0) is 25.2. The number of carbonyl (C=O) groups is 1. The standard InChI is InChI=1S/C30H30N4O/c1-21(11-7-8-18-31)20-33-23(3)29-27(24-12-5-4-6-13-24)16-10-17-28(29)34-22(2)25-14-9-15-26(19-25)30(32)35/h4-19,31,33H,3,20H2,1-2H3,(H2,32,35)/b8-7-,21-11+,31-18?,34-22+. The second-order valence-electron chi connectivity index (χ2n) is 8.10. The molecule has 0 aliphatic rings. The molecule has 3 aromatic carbocycles. The second kappa shape index (κ2) is 12.1. The minimum absolute atomic E-state index is 0.445. The molecular formula is C30H30N4O. The van der Waals surface area contributed by atoms with Gasteiger partial charge in [-0.05, 0) is 54.8 Å². The van der Waals surface area contributed by atoms with Crippen LogP contribution in [0.4, 0.5) is 5.69 Å². The molecule has 0 saturated heterocycles. The molecule has 3 aromatic rings. The molecule has 0 aliphatic carbocycles. The molecule has 0 atom stereocenters. The normalized spacial score (nSPS) is 11.9. The van der Waals surface area contributed by atoms with Crippen LogP contribution in [-0.2, 0) is 0 Å². The Kier molecular flexibility index (Phi) is 8.68. The van der Waals surface area contributed by atoms with Gasteiger partial charge in [0.25, 0.3) is 0 Å². The molecule has 0 bridgehead atoms. The molecule has 0 radical (unpaired) electrons. The number of aliphatic imine (C=N–C) groups is 1. The van der Waals surface area contributed by atoms with Crippen LogP contribution in [0.1, 0.15) is 35.3 Å². The van der Waals surface area contributed by atoms with E-state index in [1.165, 1.54) is 6.21 Å². The molecule has 3 rings (SSSR count). The number of amides is 1. The van der Waals surface area contributed by atoms with Crippen LogP contribution in [0.3, 0.4) is 0 Å². The van der Waals surface area contributed by atoms with Crippen molar-refractivity contribution in [2.24, 2.45) is 10.7 Å². The highest BCUT2D eigenvalue weighted by Crippen LogP contribution is 2.35. The molecule has 0 aromatic heterocycles. The van der Waals surface area contributed by atoms with Crippen LogP contribution in [0.15, 0.2) is 108 Å². The summed E-state index contributed by atoms with van der Waals surface area (Å²) in [5.74, 6) is -0.470. The van der Waals surface area contributed by atoms with Gasteiger partial charge in [-0.2, -0.15) is 0 Å². The molecule has 0 spiro atoms. The molecule has 35 heavy (non-hydrogen) atoms. The zero-order valence-corrected chi connectivity index (χ0v) is 20.1. The number of benzene rings is 3. The van der Waals surface area contributed by atoms with Gasteiger partial charge in [0.1, 0.15) is 0 Å². The number of hydrogen-bond donors (Lipinski definition) is 3. The van der Waals surface area contributed by atoms with E-state index in [0.717, 1.165) is 44.9 Å². The van der Waals surface area contributed by atoms with Crippen LogP contribution in [-0.4, -0.2) is 24.4 Å². The van der Waals surface area contributed by atoms with Gasteiger partial charge in [-0.1, -0.05) is 78.9 Å². The molecule has 0 unspecified atom stereocenters. The predicted molar refractivity (Wildman–Crippen MR) is 147 cm³/mol. The largest absolute Gasteiger partial charge is 0.381 e. The molecule has 0 saturated carbocycles. The summed E-state index contributed by atoms with van der Waals surface area (Å²) in [4.78, 5) is 16.6. The van der Waals surface area contributed by atoms with E-state index in [1.807, 2.05) is 62.4 Å². The number of nitrogens with zero attached hydrogens (tertiary/aromatic N) is 1. The molecule has 0 fully saturated rings. The van der Waals surface area contributed by atoms with Crippen molar-refractivity contribution in [3.05, 3.63) is 120 Å². The lowest BCUT2D eigenvalue weighted by molar-refractivity contribution is 0.100. The highest BCUT2D eigenvalue weighted by molar-refractivity contribution is 6.03. The zero-order valence-electron chi connectivity index (χ0n) is 20.1. The Morgan fingerprint density at radius 3 is 2.43 bits per heavy atom. The average Bonchev–Trinajstić information content (AvgIpc) is 2.88. The lowest BCUT2D eigenvalue weighted by Crippen LogP contribution is -2.15. The highest BCUT2D eigenvalue weighted by Gasteiger charge is 2.14. The minimum Gasteiger partial charge on any atom is -0.381 e. The molecule has 0 heterocycles. The van der Waals surface area contributed by atoms with Crippen LogP contribution in [0.25, 0.3) is 16.8 Å². The van der Waals surface area contributed by atoms with Crippen molar-refractivity contribution >= 4 is 29.2 Å². The smallest absolute Gasteiger partial charge is 0.248 e. The van der Waals surface area contributed by atoms with Crippen LogP contribution >= 0.6 is 0 Å². The van der Waals surface area contributed by atoms with Gasteiger partial charge in [0.15, 0.2) is 0 Å². The van der Waals surface area contributed by atoms with E-state index in [2.05, 4.69) is 30.1 Å². The first kappa shape index (κ1) is 25.1. The molecule has 5 nitrogen and oxygen atoms in total. The van der Waals surface area contributed by atoms with Gasteiger partial charge in [0.2, 0.25) is 5.91 Å². The molecule has 4 N–H and O–H groups in total. The lowest BCUT2D eigenvalue weighted by Gasteiger charge is -2.17. The van der Waals surface area contributed by atoms with Crippen molar-refractivity contribution in [2.75, 3.05) is 6.54 Å². The Morgan fingerprint density at radius 2 is 1.71 bits per heavy atom. The van der Waals surface area contributed by atoms with Crippen LogP contribution in [0.2, 0.25) is 0 Å². The fraction of sp³-hybridized carbons (Fsp3) is 0.100. The van der Waals surface area contributed by atoms with Crippen molar-refractivity contribution in [1.82, 2.24) is 5.32 Å². The van der Waals surface area contributed by atoms with Crippen molar-refractivity contribution in [3.8, 4) is 11.1 Å². The number of primary amides is 1. The first-order valence-electron chi connectivity index (χ1n) is 11.3. The Hall–Kier alpha value is -4.51. The van der Waals surface area contributed by atoms with E-state index < -0.39 is 5.91 Å². The second-order valence-corrected chi connectivity index (χ2v) is 8.10. The van der Waals surface area contributed by atoms with E-state index in [-0.39, 0.29) is 0 Å². The van der Waals surface area contributed by atoms with E-state index in [0.29, 0.717) is 12.1 Å². The monoisotopic (exact) mass is 462 g/mol. The third-order valence-electron chi connectivity index (χ3n) is 5.45. The summed E-state index contributed by atoms with van der Waals surface area (Å²) in [5.41, 5.74) is 13.1. The van der Waals surface area contributed by atoms with Crippen molar-refractivity contribution in [2.45, 2.75) is 13.8 Å². The number of rotatable bonds is 10. The number of hydrogen-bond acceptors (Lipinski definition) is 4. The summed E-state index contributed by atoms with van der Waals surface area (Å²) >= 11 is 0. The summed E-state index contributed by atoms with van der Waals surface area (Å²) < 4.78 is 0. The maximum Gasteiger partial charge on any atom is 0.248 e. The van der Waals surface area contributed by atoms with Crippen LogP contribution in [0, 0.1) is 5.41 Å². The van der Waals surface area contributed by atoms with Crippen LogP contribution < -0.4 is 11.1 Å². The molecule has 176 valence electrons. The third kappa shape index (κ3) is 6.74. The van der Waals surface area contributed by atoms with Gasteiger partial charge >= 0.3 is 0 Å². The van der Waals surface area contributed by atoms with E-state index in [1.54, 1.807) is 24.3 Å². The third-order valence-corrected chi connectivity index (χ3v) is 5.45. The Balaban J connectivity index is 2.04. The summed E-state index contributed by atoms with van der Waals surface area (Å²) in [7, 11) is 0. The molecule has 0 aliphatic heterocycles. The quantitative estimate of drug-likeness (QED) is 0.243. The maximum absolute atomic E-state index is 11.6. The Bertz CT molecular complexity index is 1320. The van der Waals surface area contributed by atoms with Gasteiger partial charge in [0, 0.05) is 35.3 Å². The van der Waals surface area contributed by atoms with Crippen molar-refractivity contribution < 1.29 is 4.79 Å². The Morgan fingerprint density at radius 1 is 1.00 bits per heavy atom. The predicted octanol–water partition coefficient (Wildman–Crippen LogP) is 6.31. The highest BCUT2D eigenvalue weighted by atomic mass is 16.1. The van der Waals surface area contributed by atoms with Gasteiger partial charge in [-0.25, -0.2) is 0 Å². The number of carbonyl (C=O) groups excluding carboxylic acids is 1. The first-order chi connectivity index (χ1) is 16.9. The summed E-state index contributed by atoms with van der Waals surface area (Å²) in [6.45, 7) is 8.87. The number of allylic oxidation sites excluding steroid dienone is 3. The summed E-state index contributed by atoms with van der Waals surface area (Å²) in [6.07, 6.45) is 6.72. The van der Waals surface area contributed by atoms with E-state index in [9.17, 15) is 4.79 Å². The maximum atomic E-state index is 11.6. The minimum atomic E-state index is -0.470. The van der Waals surface area contributed by atoms with Gasteiger partial charge in [0.05, 0.1) is 5.69 Å². The van der Waals surface area contributed by atoms with Gasteiger partial charge in [-0.15, -0.1) is 0 Å². The van der Waals surface area contributed by atoms with Crippen LogP contribution in [0.5, 0.6) is 0 Å². The number of nitrogens with two attached hydrogens (primary N) is 1. The number of nitrogens with one attached hydrogen (secondary N) is 2. The summed E-state index contributed by atoms with van der Waals surface area (Å²) in [6, 6.07) is 23.3. The topological polar surface area (TPSA) is 91.3 Å². The summed E-state index contributed by atoms with van der Waals surface area (Å²) in [5, 5.41) is 10.5. The molecule has 1 amide bonds. The van der Waals surface area contributed by atoms with E-state index in [4.69, 9.17) is 16.1 Å². The Labute approximate surface area is 206 Å². The average molecular weight is 463 g/mol. The van der Waals surface area contributed by atoms with Gasteiger partial charge < -0.3 is 16.5 Å². The fourth-order valence-electron chi connectivity index (χ4n) is 3.62. The first-order valence-corrected chi connectivity index (χ1v) is 11.3. The van der Waals surface area contributed by atoms with Crippen molar-refractivity contribution in [1.29, 1.82) is 5.41 Å². The SMILES string of the molecule is C=C(NC/C(C)=C/C=C\C=N)c1c(/N=C(\C)c2cccc(C(N)=O)c2)cccc1-c1ccccc1. The fourth-order valence-corrected chi connectivity index (χ4v) is 3.62. The molecular weight excluding hydrogens is 432 g/mol. The van der Waals surface area contributed by atoms with Gasteiger partial charge in [-0.3, -0.25) is 9.79 Å². The molecule has 5 heteroatoms. The van der Waals surface area contributed by atoms with Crippen molar-refractivity contribution in [3.63, 3.8) is 0 Å². The van der Waals surface area contributed by atoms with E-state index >= 15 is 0 Å².